The van der Waals surface area contributed by atoms with Crippen LogP contribution < -0.4 is 5.43 Å². The van der Waals surface area contributed by atoms with Gasteiger partial charge in [-0.3, -0.25) is 5.43 Å². The van der Waals surface area contributed by atoms with Gasteiger partial charge < -0.3 is 0 Å². The molecule has 0 unspecified atom stereocenters. The fourth-order valence-corrected chi connectivity index (χ4v) is 1.51. The highest BCUT2D eigenvalue weighted by atomic mass is 32.2. The predicted octanol–water partition coefficient (Wildman–Crippen LogP) is 2.64. The highest BCUT2D eigenvalue weighted by molar-refractivity contribution is 7.98. The van der Waals surface area contributed by atoms with Crippen LogP contribution in [0, 0.1) is 0 Å². The lowest BCUT2D eigenvalue weighted by Gasteiger charge is -1.98. The zero-order valence-corrected chi connectivity index (χ0v) is 10.2. The van der Waals surface area contributed by atoms with Crippen molar-refractivity contribution in [1.29, 1.82) is 0 Å². The Labute approximate surface area is 104 Å². The molecule has 86 valence electrons. The normalized spacial score (nSPS) is 10.6. The fourth-order valence-electron chi connectivity index (χ4n) is 1.19. The van der Waals surface area contributed by atoms with Crippen molar-refractivity contribution in [3.05, 3.63) is 48.3 Å². The van der Waals surface area contributed by atoms with Crippen LogP contribution in [0.25, 0.3) is 0 Å². The average Bonchev–Trinajstić information content (AvgIpc) is 2.41. The Morgan fingerprint density at radius 3 is 2.53 bits per heavy atom. The molecule has 0 amide bonds. The van der Waals surface area contributed by atoms with Gasteiger partial charge >= 0.3 is 0 Å². The molecule has 2 aromatic rings. The minimum absolute atomic E-state index is 0.762. The first-order valence-corrected chi connectivity index (χ1v) is 6.31. The summed E-state index contributed by atoms with van der Waals surface area (Å²) < 4.78 is 0. The zero-order chi connectivity index (χ0) is 11.9. The van der Waals surface area contributed by atoms with E-state index in [2.05, 4.69) is 20.5 Å². The molecular weight excluding hydrogens is 232 g/mol. The lowest BCUT2D eigenvalue weighted by molar-refractivity contribution is 0.967. The molecule has 17 heavy (non-hydrogen) atoms. The van der Waals surface area contributed by atoms with Crippen molar-refractivity contribution in [2.45, 2.75) is 5.16 Å². The Kier molecular flexibility index (Phi) is 4.10. The van der Waals surface area contributed by atoms with E-state index in [1.54, 1.807) is 18.6 Å². The molecule has 1 N–H and O–H groups in total. The maximum absolute atomic E-state index is 4.16. The van der Waals surface area contributed by atoms with Crippen LogP contribution in [0.3, 0.4) is 0 Å². The summed E-state index contributed by atoms with van der Waals surface area (Å²) in [6.07, 6.45) is 7.13. The van der Waals surface area contributed by atoms with E-state index in [4.69, 9.17) is 0 Å². The van der Waals surface area contributed by atoms with Crippen molar-refractivity contribution in [2.24, 2.45) is 5.10 Å². The molecule has 2 rings (SSSR count). The van der Waals surface area contributed by atoms with Gasteiger partial charge in [0.05, 0.1) is 11.9 Å². The molecule has 0 saturated carbocycles. The van der Waals surface area contributed by atoms with Gasteiger partial charge in [0.25, 0.3) is 0 Å². The van der Waals surface area contributed by atoms with Gasteiger partial charge in [-0.2, -0.15) is 5.10 Å². The number of hydrogen-bond acceptors (Lipinski definition) is 5. The van der Waals surface area contributed by atoms with Crippen molar-refractivity contribution in [2.75, 3.05) is 11.7 Å². The Hall–Kier alpha value is -1.88. The molecule has 0 spiro atoms. The van der Waals surface area contributed by atoms with Crippen LogP contribution in [0.5, 0.6) is 0 Å². The van der Waals surface area contributed by atoms with Gasteiger partial charge in [0, 0.05) is 18.0 Å². The van der Waals surface area contributed by atoms with Crippen LogP contribution in [0.4, 0.5) is 5.69 Å². The SMILES string of the molecule is CSc1ncc(C=NNc2ccccc2)cn1. The van der Waals surface area contributed by atoms with Gasteiger partial charge in [-0.25, -0.2) is 9.97 Å². The lowest BCUT2D eigenvalue weighted by Crippen LogP contribution is -1.92. The molecule has 0 aliphatic carbocycles. The molecule has 0 aliphatic rings. The summed E-state index contributed by atoms with van der Waals surface area (Å²) in [6, 6.07) is 9.77. The second-order valence-corrected chi connectivity index (χ2v) is 4.01. The zero-order valence-electron chi connectivity index (χ0n) is 9.37. The maximum atomic E-state index is 4.16. The Bertz CT molecular complexity index is 482. The molecule has 0 saturated heterocycles. The second-order valence-electron chi connectivity index (χ2n) is 3.24. The molecule has 1 heterocycles. The Morgan fingerprint density at radius 1 is 1.18 bits per heavy atom. The molecule has 0 radical (unpaired) electrons. The third-order valence-corrected chi connectivity index (χ3v) is 2.59. The minimum atomic E-state index is 0.762. The van der Waals surface area contributed by atoms with Crippen molar-refractivity contribution in [1.82, 2.24) is 9.97 Å². The average molecular weight is 244 g/mol. The number of nitrogens with one attached hydrogen (secondary N) is 1. The van der Waals surface area contributed by atoms with Crippen molar-refractivity contribution >= 4 is 23.7 Å². The van der Waals surface area contributed by atoms with Gasteiger partial charge in [0.1, 0.15) is 0 Å². The summed E-state index contributed by atoms with van der Waals surface area (Å²) in [5.41, 5.74) is 4.75. The van der Waals surface area contributed by atoms with E-state index in [-0.39, 0.29) is 0 Å². The van der Waals surface area contributed by atoms with Gasteiger partial charge in [-0.05, 0) is 18.4 Å². The highest BCUT2D eigenvalue weighted by Crippen LogP contribution is 2.06. The molecule has 0 bridgehead atoms. The number of benzene rings is 1. The summed E-state index contributed by atoms with van der Waals surface area (Å²) in [5.74, 6) is 0. The number of rotatable bonds is 4. The van der Waals surface area contributed by atoms with Crippen LogP contribution >= 0.6 is 11.8 Å². The highest BCUT2D eigenvalue weighted by Gasteiger charge is 1.93. The number of hydrazone groups is 1. The molecule has 5 heteroatoms. The smallest absolute Gasteiger partial charge is 0.187 e. The van der Waals surface area contributed by atoms with Crippen LogP contribution in [0.1, 0.15) is 5.56 Å². The number of thioether (sulfide) groups is 1. The summed E-state index contributed by atoms with van der Waals surface area (Å²) in [7, 11) is 0. The third kappa shape index (κ3) is 3.57. The van der Waals surface area contributed by atoms with E-state index < -0.39 is 0 Å². The standard InChI is InChI=1S/C12H12N4S/c1-17-12-13-7-10(8-14-12)9-15-16-11-5-3-2-4-6-11/h2-9,16H,1H3. The van der Waals surface area contributed by atoms with Crippen molar-refractivity contribution < 1.29 is 0 Å². The first-order chi connectivity index (χ1) is 8.38. The van der Waals surface area contributed by atoms with Gasteiger partial charge in [0.15, 0.2) is 5.16 Å². The molecular formula is C12H12N4S. The second kappa shape index (κ2) is 6.00. The maximum Gasteiger partial charge on any atom is 0.187 e. The monoisotopic (exact) mass is 244 g/mol. The summed E-state index contributed by atoms with van der Waals surface area (Å²) in [5, 5.41) is 4.87. The Morgan fingerprint density at radius 2 is 1.88 bits per heavy atom. The topological polar surface area (TPSA) is 50.2 Å². The third-order valence-electron chi connectivity index (χ3n) is 2.01. The molecule has 0 atom stereocenters. The van der Waals surface area contributed by atoms with Crippen LogP contribution in [0.15, 0.2) is 53.0 Å². The number of hydrogen-bond donors (Lipinski definition) is 1. The first kappa shape index (κ1) is 11.6. The predicted molar refractivity (Wildman–Crippen MR) is 71.5 cm³/mol. The van der Waals surface area contributed by atoms with E-state index in [0.29, 0.717) is 0 Å². The van der Waals surface area contributed by atoms with Crippen molar-refractivity contribution in [3.8, 4) is 0 Å². The van der Waals surface area contributed by atoms with E-state index in [1.165, 1.54) is 11.8 Å². The van der Waals surface area contributed by atoms with E-state index >= 15 is 0 Å². The van der Waals surface area contributed by atoms with E-state index in [9.17, 15) is 0 Å². The van der Waals surface area contributed by atoms with Gasteiger partial charge in [-0.1, -0.05) is 30.0 Å². The minimum Gasteiger partial charge on any atom is -0.279 e. The van der Waals surface area contributed by atoms with Gasteiger partial charge in [0.2, 0.25) is 0 Å². The molecule has 0 aliphatic heterocycles. The summed E-state index contributed by atoms with van der Waals surface area (Å²) >= 11 is 1.52. The summed E-state index contributed by atoms with van der Waals surface area (Å²) in [6.45, 7) is 0. The van der Waals surface area contributed by atoms with Crippen molar-refractivity contribution in [3.63, 3.8) is 0 Å². The first-order valence-electron chi connectivity index (χ1n) is 5.08. The molecule has 4 nitrogen and oxygen atoms in total. The van der Waals surface area contributed by atoms with Crippen LogP contribution in [0.2, 0.25) is 0 Å². The quantitative estimate of drug-likeness (QED) is 0.389. The number of anilines is 1. The number of para-hydroxylation sites is 1. The number of aromatic nitrogens is 2. The van der Waals surface area contributed by atoms with E-state index in [1.807, 2.05) is 36.6 Å². The molecule has 1 aromatic carbocycles. The fraction of sp³-hybridized carbons (Fsp3) is 0.0833. The Balaban J connectivity index is 1.96. The number of nitrogens with zero attached hydrogens (tertiary/aromatic N) is 3. The lowest BCUT2D eigenvalue weighted by atomic mass is 10.3. The molecule has 1 aromatic heterocycles. The van der Waals surface area contributed by atoms with E-state index in [0.717, 1.165) is 16.4 Å². The summed E-state index contributed by atoms with van der Waals surface area (Å²) in [4.78, 5) is 8.31. The van der Waals surface area contributed by atoms with Gasteiger partial charge in [-0.15, -0.1) is 0 Å². The molecule has 0 fully saturated rings. The largest absolute Gasteiger partial charge is 0.279 e. The van der Waals surface area contributed by atoms with Crippen LogP contribution in [-0.2, 0) is 0 Å². The van der Waals surface area contributed by atoms with Crippen LogP contribution in [-0.4, -0.2) is 22.4 Å².